The first-order valence-electron chi connectivity index (χ1n) is 5.42. The zero-order valence-electron chi connectivity index (χ0n) is 10.3. The largest absolute Gasteiger partial charge is 0.492 e. The molecule has 0 saturated carbocycles. The molecule has 0 atom stereocenters. The summed E-state index contributed by atoms with van der Waals surface area (Å²) in [5.74, 6) is 0.284. The van der Waals surface area contributed by atoms with Crippen molar-refractivity contribution in [3.8, 4) is 5.75 Å². The summed E-state index contributed by atoms with van der Waals surface area (Å²) >= 11 is 5.81. The lowest BCUT2D eigenvalue weighted by atomic mass is 10.3. The Balaban J connectivity index is 3.01. The summed E-state index contributed by atoms with van der Waals surface area (Å²) in [5.41, 5.74) is 0. The number of benzene rings is 1. The molecule has 1 N–H and O–H groups in total. The van der Waals surface area contributed by atoms with E-state index in [9.17, 15) is 8.42 Å². The lowest BCUT2D eigenvalue weighted by molar-refractivity contribution is 0.204. The molecular formula is C11H16ClNO4S. The molecule has 1 aromatic carbocycles. The van der Waals surface area contributed by atoms with Gasteiger partial charge in [0.05, 0.1) is 13.2 Å². The highest BCUT2D eigenvalue weighted by Crippen LogP contribution is 2.27. The summed E-state index contributed by atoms with van der Waals surface area (Å²) in [4.78, 5) is 0.0351. The highest BCUT2D eigenvalue weighted by atomic mass is 35.5. The van der Waals surface area contributed by atoms with Gasteiger partial charge in [0.25, 0.3) is 0 Å². The molecule has 1 rings (SSSR count). The monoisotopic (exact) mass is 293 g/mol. The molecule has 0 bridgehead atoms. The molecular weight excluding hydrogens is 278 g/mol. The van der Waals surface area contributed by atoms with Crippen LogP contribution in [0, 0.1) is 0 Å². The summed E-state index contributed by atoms with van der Waals surface area (Å²) in [6.07, 6.45) is 0. The molecule has 0 saturated heterocycles. The summed E-state index contributed by atoms with van der Waals surface area (Å²) in [7, 11) is -2.15. The van der Waals surface area contributed by atoms with Gasteiger partial charge in [-0.15, -0.1) is 0 Å². The second-order valence-electron chi connectivity index (χ2n) is 3.41. The number of methoxy groups -OCH3 is 1. The van der Waals surface area contributed by atoms with Crippen LogP contribution >= 0.6 is 11.6 Å². The minimum absolute atomic E-state index is 0.0351. The minimum Gasteiger partial charge on any atom is -0.492 e. The SMILES string of the molecule is CCOc1ccc(Cl)cc1S(=O)(=O)NCCOC. The number of halogens is 1. The maximum Gasteiger partial charge on any atom is 0.244 e. The maximum atomic E-state index is 12.0. The van der Waals surface area contributed by atoms with Crippen LogP contribution in [0.4, 0.5) is 0 Å². The molecule has 1 aromatic rings. The number of nitrogens with one attached hydrogen (secondary N) is 1. The first kappa shape index (κ1) is 15.2. The highest BCUT2D eigenvalue weighted by molar-refractivity contribution is 7.89. The van der Waals surface area contributed by atoms with Crippen LogP contribution in [-0.4, -0.2) is 35.3 Å². The first-order chi connectivity index (χ1) is 8.51. The van der Waals surface area contributed by atoms with Crippen LogP contribution in [0.2, 0.25) is 5.02 Å². The molecule has 102 valence electrons. The number of sulfonamides is 1. The van der Waals surface area contributed by atoms with Crippen molar-refractivity contribution in [2.45, 2.75) is 11.8 Å². The van der Waals surface area contributed by atoms with Crippen LogP contribution in [-0.2, 0) is 14.8 Å². The third kappa shape index (κ3) is 4.13. The van der Waals surface area contributed by atoms with E-state index in [2.05, 4.69) is 4.72 Å². The van der Waals surface area contributed by atoms with Crippen molar-refractivity contribution in [1.82, 2.24) is 4.72 Å². The Labute approximate surface area is 112 Å². The Hall–Kier alpha value is -0.820. The molecule has 0 amide bonds. The quantitative estimate of drug-likeness (QED) is 0.777. The molecule has 0 aliphatic carbocycles. The van der Waals surface area contributed by atoms with Gasteiger partial charge >= 0.3 is 0 Å². The fourth-order valence-corrected chi connectivity index (χ4v) is 2.74. The highest BCUT2D eigenvalue weighted by Gasteiger charge is 2.19. The van der Waals surface area contributed by atoms with E-state index in [-0.39, 0.29) is 17.2 Å². The average molecular weight is 294 g/mol. The summed E-state index contributed by atoms with van der Waals surface area (Å²) in [5, 5.41) is 0.338. The Morgan fingerprint density at radius 2 is 2.11 bits per heavy atom. The van der Waals surface area contributed by atoms with Gasteiger partial charge in [-0.25, -0.2) is 13.1 Å². The number of rotatable bonds is 7. The lowest BCUT2D eigenvalue weighted by Gasteiger charge is -2.12. The van der Waals surface area contributed by atoms with Gasteiger partial charge < -0.3 is 9.47 Å². The second kappa shape index (κ2) is 6.94. The average Bonchev–Trinajstić information content (AvgIpc) is 2.32. The van der Waals surface area contributed by atoms with E-state index >= 15 is 0 Å². The summed E-state index contributed by atoms with van der Waals surface area (Å²) in [6.45, 7) is 2.65. The van der Waals surface area contributed by atoms with Crippen molar-refractivity contribution in [3.05, 3.63) is 23.2 Å². The van der Waals surface area contributed by atoms with E-state index in [0.717, 1.165) is 0 Å². The number of hydrogen-bond donors (Lipinski definition) is 1. The van der Waals surface area contributed by atoms with Gasteiger partial charge in [-0.05, 0) is 25.1 Å². The Morgan fingerprint density at radius 3 is 2.72 bits per heavy atom. The summed E-state index contributed by atoms with van der Waals surface area (Å²) < 4.78 is 36.6. The van der Waals surface area contributed by atoms with Crippen molar-refractivity contribution < 1.29 is 17.9 Å². The third-order valence-corrected chi connectivity index (χ3v) is 3.81. The smallest absolute Gasteiger partial charge is 0.244 e. The standard InChI is InChI=1S/C11H16ClNO4S/c1-3-17-10-5-4-9(12)8-11(10)18(14,15)13-6-7-16-2/h4-5,8,13H,3,6-7H2,1-2H3. The zero-order valence-corrected chi connectivity index (χ0v) is 11.8. The zero-order chi connectivity index (χ0) is 13.6. The minimum atomic E-state index is -3.65. The van der Waals surface area contributed by atoms with Gasteiger partial charge in [0.1, 0.15) is 10.6 Å². The molecule has 18 heavy (non-hydrogen) atoms. The molecule has 5 nitrogen and oxygen atoms in total. The van der Waals surface area contributed by atoms with Crippen molar-refractivity contribution in [3.63, 3.8) is 0 Å². The predicted octanol–water partition coefficient (Wildman–Crippen LogP) is 1.66. The molecule has 0 unspecified atom stereocenters. The Kier molecular flexibility index (Phi) is 5.87. The van der Waals surface area contributed by atoms with E-state index in [1.165, 1.54) is 19.2 Å². The van der Waals surface area contributed by atoms with Gasteiger partial charge in [0.15, 0.2) is 0 Å². The van der Waals surface area contributed by atoms with Crippen LogP contribution < -0.4 is 9.46 Å². The number of hydrogen-bond acceptors (Lipinski definition) is 4. The molecule has 7 heteroatoms. The van der Waals surface area contributed by atoms with Crippen LogP contribution in [0.1, 0.15) is 6.92 Å². The van der Waals surface area contributed by atoms with Gasteiger partial charge in [-0.2, -0.15) is 0 Å². The van der Waals surface area contributed by atoms with E-state index in [4.69, 9.17) is 21.1 Å². The van der Waals surface area contributed by atoms with E-state index in [1.807, 2.05) is 0 Å². The van der Waals surface area contributed by atoms with E-state index in [0.29, 0.717) is 18.2 Å². The van der Waals surface area contributed by atoms with Crippen molar-refractivity contribution >= 4 is 21.6 Å². The topological polar surface area (TPSA) is 64.6 Å². The van der Waals surface area contributed by atoms with Crippen LogP contribution in [0.25, 0.3) is 0 Å². The first-order valence-corrected chi connectivity index (χ1v) is 7.28. The Morgan fingerprint density at radius 1 is 1.39 bits per heavy atom. The van der Waals surface area contributed by atoms with Crippen molar-refractivity contribution in [1.29, 1.82) is 0 Å². The fourth-order valence-electron chi connectivity index (χ4n) is 1.32. The van der Waals surface area contributed by atoms with Gasteiger partial charge in [-0.3, -0.25) is 0 Å². The Bertz CT molecular complexity index is 490. The van der Waals surface area contributed by atoms with Crippen molar-refractivity contribution in [2.75, 3.05) is 26.9 Å². The van der Waals surface area contributed by atoms with Crippen LogP contribution in [0.5, 0.6) is 5.75 Å². The molecule has 0 fully saturated rings. The van der Waals surface area contributed by atoms with E-state index < -0.39 is 10.0 Å². The summed E-state index contributed by atoms with van der Waals surface area (Å²) in [6, 6.07) is 4.49. The van der Waals surface area contributed by atoms with Crippen LogP contribution in [0.3, 0.4) is 0 Å². The maximum absolute atomic E-state index is 12.0. The van der Waals surface area contributed by atoms with Gasteiger partial charge in [0.2, 0.25) is 10.0 Å². The molecule has 0 radical (unpaired) electrons. The third-order valence-electron chi connectivity index (χ3n) is 2.09. The molecule has 0 aromatic heterocycles. The molecule has 0 aliphatic rings. The normalized spacial score (nSPS) is 11.5. The van der Waals surface area contributed by atoms with Gasteiger partial charge in [-0.1, -0.05) is 11.6 Å². The molecule has 0 heterocycles. The fraction of sp³-hybridized carbons (Fsp3) is 0.455. The van der Waals surface area contributed by atoms with Gasteiger partial charge in [0, 0.05) is 18.7 Å². The van der Waals surface area contributed by atoms with E-state index in [1.54, 1.807) is 13.0 Å². The lowest BCUT2D eigenvalue weighted by Crippen LogP contribution is -2.27. The predicted molar refractivity (Wildman–Crippen MR) is 69.7 cm³/mol. The van der Waals surface area contributed by atoms with Crippen LogP contribution in [0.15, 0.2) is 23.1 Å². The van der Waals surface area contributed by atoms with Crippen molar-refractivity contribution in [2.24, 2.45) is 0 Å². The molecule has 0 spiro atoms. The number of ether oxygens (including phenoxy) is 2. The second-order valence-corrected chi connectivity index (χ2v) is 5.59. The molecule has 0 aliphatic heterocycles.